The van der Waals surface area contributed by atoms with Crippen molar-refractivity contribution in [2.24, 2.45) is 0 Å². The third kappa shape index (κ3) is 5.04. The number of fused-ring (bicyclic) bond motifs is 2. The molecule has 0 aliphatic carbocycles. The lowest BCUT2D eigenvalue weighted by Gasteiger charge is -2.25. The Labute approximate surface area is 245 Å². The van der Waals surface area contributed by atoms with Crippen LogP contribution >= 0.6 is 34.3 Å². The molecule has 0 amide bonds. The molecule has 5 aromatic rings. The molecule has 3 heterocycles. The van der Waals surface area contributed by atoms with Crippen molar-refractivity contribution in [2.75, 3.05) is 28.7 Å². The number of anilines is 4. The number of phenols is 1. The predicted octanol–water partition coefficient (Wildman–Crippen LogP) is 8.85. The monoisotopic (exact) mass is 619 g/mol. The summed E-state index contributed by atoms with van der Waals surface area (Å²) in [5.41, 5.74) is 2.89. The number of hydrogen-bond acceptors (Lipinski definition) is 8. The van der Waals surface area contributed by atoms with Gasteiger partial charge in [-0.25, -0.2) is 14.4 Å². The number of aromatic hydroxyl groups is 1. The van der Waals surface area contributed by atoms with E-state index < -0.39 is 22.4 Å². The van der Waals surface area contributed by atoms with Crippen molar-refractivity contribution in [3.8, 4) is 16.3 Å². The summed E-state index contributed by atoms with van der Waals surface area (Å²) in [6.07, 6.45) is -4.50. The van der Waals surface area contributed by atoms with Gasteiger partial charge in [0.05, 0.1) is 39.5 Å². The fourth-order valence-corrected chi connectivity index (χ4v) is 6.92. The van der Waals surface area contributed by atoms with E-state index in [1.807, 2.05) is 49.1 Å². The molecular weight excluding hydrogens is 598 g/mol. The molecule has 3 aromatic carbocycles. The fraction of sp³-hybridized carbons (Fsp3) is 0.214. The first-order valence-electron chi connectivity index (χ1n) is 12.4. The van der Waals surface area contributed by atoms with Gasteiger partial charge in [0.1, 0.15) is 22.4 Å². The Morgan fingerprint density at radius 1 is 1.10 bits per heavy atom. The maximum absolute atomic E-state index is 15.6. The highest BCUT2D eigenvalue weighted by molar-refractivity contribution is 7.21. The number of rotatable bonds is 6. The zero-order chi connectivity index (χ0) is 29.1. The van der Waals surface area contributed by atoms with Crippen molar-refractivity contribution in [1.82, 2.24) is 9.97 Å². The third-order valence-electron chi connectivity index (χ3n) is 6.79. The summed E-state index contributed by atoms with van der Waals surface area (Å²) < 4.78 is 55.2. The van der Waals surface area contributed by atoms with Crippen LogP contribution in [0.25, 0.3) is 20.8 Å². The van der Waals surface area contributed by atoms with Gasteiger partial charge in [-0.15, -0.1) is 22.7 Å². The van der Waals surface area contributed by atoms with E-state index in [-0.39, 0.29) is 18.2 Å². The van der Waals surface area contributed by atoms with Crippen LogP contribution < -0.4 is 15.5 Å². The van der Waals surface area contributed by atoms with Crippen LogP contribution in [0, 0.1) is 5.82 Å². The van der Waals surface area contributed by atoms with Gasteiger partial charge in [0.25, 0.3) is 0 Å². The quantitative estimate of drug-likeness (QED) is 0.130. The Morgan fingerprint density at radius 2 is 1.88 bits per heavy atom. The van der Waals surface area contributed by atoms with Crippen LogP contribution in [0.2, 0.25) is 5.02 Å². The molecule has 2 aromatic heterocycles. The first-order chi connectivity index (χ1) is 19.4. The van der Waals surface area contributed by atoms with Gasteiger partial charge >= 0.3 is 6.18 Å². The van der Waals surface area contributed by atoms with Crippen LogP contribution in [-0.2, 0) is 11.6 Å². The SMILES string of the molecule is CC1(C)CN(c2ccccc2NCNc2csc(C(F)(F)F)n2)c2c(O)cc(F)c(-c3nc4cc(Cl)ccc4s3)c21. The lowest BCUT2D eigenvalue weighted by atomic mass is 9.83. The van der Waals surface area contributed by atoms with Crippen molar-refractivity contribution in [3.63, 3.8) is 0 Å². The number of halogens is 5. The van der Waals surface area contributed by atoms with Crippen LogP contribution in [0.5, 0.6) is 5.75 Å². The molecule has 3 N–H and O–H groups in total. The molecular formula is C28H22ClF4N5OS2. The van der Waals surface area contributed by atoms with Crippen molar-refractivity contribution in [1.29, 1.82) is 0 Å². The highest BCUT2D eigenvalue weighted by Gasteiger charge is 2.42. The van der Waals surface area contributed by atoms with Crippen LogP contribution in [0.3, 0.4) is 0 Å². The molecule has 0 unspecified atom stereocenters. The molecule has 0 bridgehead atoms. The minimum atomic E-state index is -4.50. The predicted molar refractivity (Wildman–Crippen MR) is 157 cm³/mol. The summed E-state index contributed by atoms with van der Waals surface area (Å²) in [5, 5.41) is 18.5. The van der Waals surface area contributed by atoms with Crippen molar-refractivity contribution >= 4 is 67.4 Å². The molecule has 0 atom stereocenters. The smallest absolute Gasteiger partial charge is 0.443 e. The van der Waals surface area contributed by atoms with E-state index in [1.165, 1.54) is 16.7 Å². The number of hydrogen-bond donors (Lipinski definition) is 3. The summed E-state index contributed by atoms with van der Waals surface area (Å²) in [5.74, 6) is -0.667. The highest BCUT2D eigenvalue weighted by atomic mass is 35.5. The van der Waals surface area contributed by atoms with Gasteiger partial charge in [-0.2, -0.15) is 13.2 Å². The summed E-state index contributed by atoms with van der Waals surface area (Å²) in [4.78, 5) is 10.2. The number of benzene rings is 3. The highest BCUT2D eigenvalue weighted by Crippen LogP contribution is 2.55. The van der Waals surface area contributed by atoms with Crippen molar-refractivity contribution < 1.29 is 22.7 Å². The third-order valence-corrected chi connectivity index (χ3v) is 8.96. The molecule has 1 aliphatic heterocycles. The van der Waals surface area contributed by atoms with Crippen LogP contribution in [0.15, 0.2) is 53.9 Å². The molecule has 1 aliphatic rings. The van der Waals surface area contributed by atoms with E-state index in [0.29, 0.717) is 61.6 Å². The Bertz CT molecular complexity index is 1790. The first-order valence-corrected chi connectivity index (χ1v) is 14.5. The number of thiazole rings is 2. The first kappa shape index (κ1) is 27.6. The molecule has 6 rings (SSSR count). The van der Waals surface area contributed by atoms with Crippen LogP contribution in [0.1, 0.15) is 24.4 Å². The number of nitrogens with one attached hydrogen (secondary N) is 2. The lowest BCUT2D eigenvalue weighted by Crippen LogP contribution is -2.26. The summed E-state index contributed by atoms with van der Waals surface area (Å²) >= 11 is 8.02. The van der Waals surface area contributed by atoms with Gasteiger partial charge in [0, 0.05) is 34.0 Å². The zero-order valence-electron chi connectivity index (χ0n) is 21.6. The summed E-state index contributed by atoms with van der Waals surface area (Å²) in [6.45, 7) is 4.49. The van der Waals surface area contributed by atoms with E-state index in [1.54, 1.807) is 12.1 Å². The fourth-order valence-electron chi connectivity index (χ4n) is 5.11. The van der Waals surface area contributed by atoms with E-state index in [0.717, 1.165) is 10.8 Å². The number of para-hydroxylation sites is 2. The second-order valence-electron chi connectivity index (χ2n) is 10.2. The lowest BCUT2D eigenvalue weighted by molar-refractivity contribution is -0.137. The summed E-state index contributed by atoms with van der Waals surface area (Å²) in [6, 6.07) is 13.8. The maximum Gasteiger partial charge on any atom is 0.443 e. The number of alkyl halides is 3. The largest absolute Gasteiger partial charge is 0.506 e. The van der Waals surface area contributed by atoms with E-state index in [2.05, 4.69) is 20.6 Å². The summed E-state index contributed by atoms with van der Waals surface area (Å²) in [7, 11) is 0. The Kier molecular flexibility index (Phi) is 6.74. The number of nitrogens with zero attached hydrogens (tertiary/aromatic N) is 3. The minimum absolute atomic E-state index is 0.0943. The van der Waals surface area contributed by atoms with Gasteiger partial charge in [-0.1, -0.05) is 37.6 Å². The molecule has 212 valence electrons. The van der Waals surface area contributed by atoms with Crippen molar-refractivity contribution in [2.45, 2.75) is 25.4 Å². The standard InChI is InChI=1S/C28H22ClF4N5OS2/c1-27(2)12-38(18-6-4-3-5-16(18)34-13-35-21-11-40-26(37-21)28(31,32)33)24-19(39)10-15(30)22(23(24)27)25-36-17-9-14(29)7-8-20(17)41-25/h3-11,34-35,39H,12-13H2,1-2H3. The van der Waals surface area contributed by atoms with E-state index in [4.69, 9.17) is 11.6 Å². The van der Waals surface area contributed by atoms with Crippen molar-refractivity contribution in [3.05, 3.63) is 75.3 Å². The minimum Gasteiger partial charge on any atom is -0.506 e. The molecule has 6 nitrogen and oxygen atoms in total. The Hall–Kier alpha value is -3.61. The Balaban J connectivity index is 1.36. The van der Waals surface area contributed by atoms with Crippen LogP contribution in [-0.4, -0.2) is 28.3 Å². The molecule has 0 spiro atoms. The van der Waals surface area contributed by atoms with E-state index >= 15 is 4.39 Å². The molecule has 0 fully saturated rings. The number of phenolic OH excluding ortho intramolecular Hbond substituents is 1. The average molecular weight is 620 g/mol. The normalized spacial score (nSPS) is 14.5. The van der Waals surface area contributed by atoms with Crippen LogP contribution in [0.4, 0.5) is 40.4 Å². The Morgan fingerprint density at radius 3 is 2.63 bits per heavy atom. The van der Waals surface area contributed by atoms with Gasteiger partial charge in [-0.3, -0.25) is 0 Å². The van der Waals surface area contributed by atoms with E-state index in [9.17, 15) is 18.3 Å². The average Bonchev–Trinajstić information content (AvgIpc) is 3.60. The molecule has 13 heteroatoms. The second kappa shape index (κ2) is 10.0. The van der Waals surface area contributed by atoms with Gasteiger partial charge < -0.3 is 20.6 Å². The molecule has 0 saturated carbocycles. The second-order valence-corrected chi connectivity index (χ2v) is 12.5. The molecule has 0 saturated heterocycles. The molecule has 0 radical (unpaired) electrons. The van der Waals surface area contributed by atoms with Gasteiger partial charge in [0.2, 0.25) is 0 Å². The molecule has 41 heavy (non-hydrogen) atoms. The zero-order valence-corrected chi connectivity index (χ0v) is 24.0. The topological polar surface area (TPSA) is 73.3 Å². The maximum atomic E-state index is 15.6. The van der Waals surface area contributed by atoms with Gasteiger partial charge in [0.15, 0.2) is 5.01 Å². The number of aromatic nitrogens is 2. The van der Waals surface area contributed by atoms with Gasteiger partial charge in [-0.05, 0) is 30.3 Å².